The fraction of sp³-hybridized carbons (Fsp3) is 0.318. The molecule has 1 heterocycles. The average molecular weight is 395 g/mol. The van der Waals surface area contributed by atoms with Gasteiger partial charge in [-0.05, 0) is 55.7 Å². The molecule has 2 aromatic rings. The Morgan fingerprint density at radius 1 is 1.03 bits per heavy atom. The third kappa shape index (κ3) is 5.42. The Morgan fingerprint density at radius 3 is 2.55 bits per heavy atom. The highest BCUT2D eigenvalue weighted by atomic mass is 16.5. The minimum atomic E-state index is -0.434. The van der Waals surface area contributed by atoms with Crippen molar-refractivity contribution in [3.8, 4) is 0 Å². The Morgan fingerprint density at radius 2 is 1.83 bits per heavy atom. The third-order valence-electron chi connectivity index (χ3n) is 4.71. The predicted octanol–water partition coefficient (Wildman–Crippen LogP) is 3.71. The highest BCUT2D eigenvalue weighted by Gasteiger charge is 2.23. The van der Waals surface area contributed by atoms with Gasteiger partial charge < -0.3 is 20.7 Å². The topological polar surface area (TPSA) is 96.5 Å². The quantitative estimate of drug-likeness (QED) is 0.695. The maximum absolute atomic E-state index is 12.7. The number of aryl methyl sites for hydroxylation is 1. The van der Waals surface area contributed by atoms with E-state index in [2.05, 4.69) is 16.0 Å². The molecule has 3 amide bonds. The first-order valence-corrected chi connectivity index (χ1v) is 9.70. The lowest BCUT2D eigenvalue weighted by molar-refractivity contribution is -0.124. The molecule has 7 nitrogen and oxygen atoms in total. The smallest absolute Gasteiger partial charge is 0.255 e. The summed E-state index contributed by atoms with van der Waals surface area (Å²) in [5, 5.41) is 8.45. The molecule has 0 aromatic heterocycles. The van der Waals surface area contributed by atoms with Crippen LogP contribution in [0.1, 0.15) is 42.1 Å². The van der Waals surface area contributed by atoms with E-state index < -0.39 is 6.10 Å². The van der Waals surface area contributed by atoms with Crippen molar-refractivity contribution in [2.75, 3.05) is 22.6 Å². The first-order valence-electron chi connectivity index (χ1n) is 9.70. The summed E-state index contributed by atoms with van der Waals surface area (Å²) in [6.45, 7) is 4.24. The number of amides is 3. The van der Waals surface area contributed by atoms with Crippen LogP contribution in [0.25, 0.3) is 0 Å². The molecule has 152 valence electrons. The van der Waals surface area contributed by atoms with E-state index in [-0.39, 0.29) is 17.7 Å². The number of carbonyl (C=O) groups is 3. The Balaban J connectivity index is 1.70. The van der Waals surface area contributed by atoms with Gasteiger partial charge in [0.05, 0.1) is 0 Å². The summed E-state index contributed by atoms with van der Waals surface area (Å²) < 4.78 is 5.38. The lowest BCUT2D eigenvalue weighted by Crippen LogP contribution is -2.27. The number of rotatable bonds is 6. The largest absolute Gasteiger partial charge is 0.368 e. The minimum Gasteiger partial charge on any atom is -0.368 e. The van der Waals surface area contributed by atoms with Gasteiger partial charge in [0.2, 0.25) is 5.91 Å². The normalized spacial score (nSPS) is 15.6. The maximum Gasteiger partial charge on any atom is 0.255 e. The van der Waals surface area contributed by atoms with Gasteiger partial charge in [-0.1, -0.05) is 19.1 Å². The molecule has 0 aliphatic carbocycles. The molecule has 1 saturated heterocycles. The van der Waals surface area contributed by atoms with Gasteiger partial charge in [0.1, 0.15) is 6.10 Å². The number of ether oxygens (including phenoxy) is 1. The van der Waals surface area contributed by atoms with Crippen LogP contribution in [-0.2, 0) is 14.3 Å². The molecule has 2 aromatic carbocycles. The van der Waals surface area contributed by atoms with Crippen molar-refractivity contribution >= 4 is 34.8 Å². The van der Waals surface area contributed by atoms with E-state index in [0.717, 1.165) is 12.0 Å². The molecule has 3 N–H and O–H groups in total. The van der Waals surface area contributed by atoms with E-state index in [9.17, 15) is 14.4 Å². The number of carbonyl (C=O) groups excluding carboxylic acids is 3. The molecule has 1 fully saturated rings. The second kappa shape index (κ2) is 9.34. The van der Waals surface area contributed by atoms with Crippen molar-refractivity contribution < 1.29 is 19.1 Å². The fourth-order valence-electron chi connectivity index (χ4n) is 3.02. The first kappa shape index (κ1) is 20.5. The van der Waals surface area contributed by atoms with Crippen molar-refractivity contribution in [1.82, 2.24) is 0 Å². The second-order valence-corrected chi connectivity index (χ2v) is 6.96. The van der Waals surface area contributed by atoms with Crippen LogP contribution in [0.4, 0.5) is 17.1 Å². The second-order valence-electron chi connectivity index (χ2n) is 6.96. The van der Waals surface area contributed by atoms with Crippen LogP contribution in [-0.4, -0.2) is 30.4 Å². The molecule has 1 atom stereocenters. The Bertz CT molecular complexity index is 920. The minimum absolute atomic E-state index is 0.0965. The molecular weight excluding hydrogens is 370 g/mol. The molecule has 1 aliphatic heterocycles. The standard InChI is InChI=1S/C22H25N3O4/c1-3-20(26)23-17-10-9-14(2)18(13-17)25-21(27)15-6-4-7-16(12-15)24-22(28)19-8-5-11-29-19/h4,6-7,9-10,12-13,19H,3,5,8,11H2,1-2H3,(H,23,26)(H,24,28)(H,25,27). The van der Waals surface area contributed by atoms with Crippen molar-refractivity contribution in [2.24, 2.45) is 0 Å². The van der Waals surface area contributed by atoms with Crippen LogP contribution in [0.3, 0.4) is 0 Å². The van der Waals surface area contributed by atoms with E-state index in [1.807, 2.05) is 13.0 Å². The summed E-state index contributed by atoms with van der Waals surface area (Å²) in [5.74, 6) is -0.601. The molecular formula is C22H25N3O4. The SMILES string of the molecule is CCC(=O)Nc1ccc(C)c(NC(=O)c2cccc(NC(=O)C3CCCO3)c2)c1. The number of hydrogen-bond donors (Lipinski definition) is 3. The molecule has 0 spiro atoms. The van der Waals surface area contributed by atoms with Gasteiger partial charge in [0.25, 0.3) is 11.8 Å². The van der Waals surface area contributed by atoms with Gasteiger partial charge in [-0.15, -0.1) is 0 Å². The van der Waals surface area contributed by atoms with Crippen LogP contribution >= 0.6 is 0 Å². The number of benzene rings is 2. The molecule has 29 heavy (non-hydrogen) atoms. The van der Waals surface area contributed by atoms with E-state index in [1.54, 1.807) is 43.3 Å². The third-order valence-corrected chi connectivity index (χ3v) is 4.71. The average Bonchev–Trinajstić information content (AvgIpc) is 3.25. The molecule has 0 saturated carbocycles. The summed E-state index contributed by atoms with van der Waals surface area (Å²) in [5.41, 5.74) is 3.06. The van der Waals surface area contributed by atoms with Gasteiger partial charge in [-0.3, -0.25) is 14.4 Å². The van der Waals surface area contributed by atoms with Crippen molar-refractivity contribution in [1.29, 1.82) is 0 Å². The molecule has 1 unspecified atom stereocenters. The summed E-state index contributed by atoms with van der Waals surface area (Å²) in [6, 6.07) is 12.1. The number of hydrogen-bond acceptors (Lipinski definition) is 4. The zero-order valence-corrected chi connectivity index (χ0v) is 16.6. The molecule has 7 heteroatoms. The van der Waals surface area contributed by atoms with Crippen LogP contribution in [0.2, 0.25) is 0 Å². The lowest BCUT2D eigenvalue weighted by Gasteiger charge is -2.13. The first-order chi connectivity index (χ1) is 14.0. The zero-order valence-electron chi connectivity index (χ0n) is 16.6. The number of anilines is 3. The van der Waals surface area contributed by atoms with E-state index >= 15 is 0 Å². The molecule has 0 bridgehead atoms. The van der Waals surface area contributed by atoms with Crippen LogP contribution < -0.4 is 16.0 Å². The number of nitrogens with one attached hydrogen (secondary N) is 3. The van der Waals surface area contributed by atoms with Crippen LogP contribution in [0.5, 0.6) is 0 Å². The van der Waals surface area contributed by atoms with Crippen molar-refractivity contribution in [2.45, 2.75) is 39.2 Å². The highest BCUT2D eigenvalue weighted by molar-refractivity contribution is 6.06. The van der Waals surface area contributed by atoms with Gasteiger partial charge in [-0.2, -0.15) is 0 Å². The van der Waals surface area contributed by atoms with Crippen molar-refractivity contribution in [3.05, 3.63) is 53.6 Å². The maximum atomic E-state index is 12.7. The van der Waals surface area contributed by atoms with Gasteiger partial charge in [0, 0.05) is 35.7 Å². The summed E-state index contributed by atoms with van der Waals surface area (Å²) in [4.78, 5) is 36.5. The molecule has 3 rings (SSSR count). The summed E-state index contributed by atoms with van der Waals surface area (Å²) in [6.07, 6.45) is 1.52. The van der Waals surface area contributed by atoms with E-state index in [0.29, 0.717) is 42.1 Å². The highest BCUT2D eigenvalue weighted by Crippen LogP contribution is 2.22. The van der Waals surface area contributed by atoms with E-state index in [4.69, 9.17) is 4.74 Å². The van der Waals surface area contributed by atoms with Gasteiger partial charge in [-0.25, -0.2) is 0 Å². The van der Waals surface area contributed by atoms with Gasteiger partial charge >= 0.3 is 0 Å². The Labute approximate surface area is 169 Å². The molecule has 0 radical (unpaired) electrons. The van der Waals surface area contributed by atoms with Gasteiger partial charge in [0.15, 0.2) is 0 Å². The summed E-state index contributed by atoms with van der Waals surface area (Å²) in [7, 11) is 0. The van der Waals surface area contributed by atoms with Crippen molar-refractivity contribution in [3.63, 3.8) is 0 Å². The van der Waals surface area contributed by atoms with Crippen LogP contribution in [0.15, 0.2) is 42.5 Å². The molecule has 1 aliphatic rings. The zero-order chi connectivity index (χ0) is 20.8. The Hall–Kier alpha value is -3.19. The fourth-order valence-corrected chi connectivity index (χ4v) is 3.02. The predicted molar refractivity (Wildman–Crippen MR) is 112 cm³/mol. The van der Waals surface area contributed by atoms with Crippen LogP contribution in [0, 0.1) is 6.92 Å². The monoisotopic (exact) mass is 395 g/mol. The van der Waals surface area contributed by atoms with E-state index in [1.165, 1.54) is 0 Å². The summed E-state index contributed by atoms with van der Waals surface area (Å²) >= 11 is 0. The Kier molecular flexibility index (Phi) is 6.61. The lowest BCUT2D eigenvalue weighted by atomic mass is 10.1.